The maximum atomic E-state index is 14.0. The summed E-state index contributed by atoms with van der Waals surface area (Å²) in [7, 11) is 1.52. The maximum Gasteiger partial charge on any atom is 0.410 e. The lowest BCUT2D eigenvalue weighted by molar-refractivity contribution is -0.256. The summed E-state index contributed by atoms with van der Waals surface area (Å²) >= 11 is 1.74. The van der Waals surface area contributed by atoms with E-state index in [2.05, 4.69) is 36.0 Å². The highest BCUT2D eigenvalue weighted by molar-refractivity contribution is 7.99. The fourth-order valence-electron chi connectivity index (χ4n) is 8.59. The first kappa shape index (κ1) is 43.5. The number of ether oxygens (including phenoxy) is 5. The molecule has 1 heterocycles. The van der Waals surface area contributed by atoms with Gasteiger partial charge in [0, 0.05) is 48.3 Å². The zero-order chi connectivity index (χ0) is 39.8. The van der Waals surface area contributed by atoms with Crippen LogP contribution in [-0.2, 0) is 19.0 Å². The van der Waals surface area contributed by atoms with Crippen molar-refractivity contribution in [3.63, 3.8) is 0 Å². The van der Waals surface area contributed by atoms with E-state index in [-0.39, 0.29) is 77.0 Å². The van der Waals surface area contributed by atoms with Crippen molar-refractivity contribution in [3.05, 3.63) is 78.4 Å². The SMILES string of the molecule is C=CCOC12Oc3ccc(OCCSc4ccccc4)cc3C3C(CCCCO)C(CCCCO)C=C(C(=NOC)CC1N(CCOCCO)C(=O)OCC)C32. The van der Waals surface area contributed by atoms with Gasteiger partial charge in [0.25, 0.3) is 0 Å². The fourth-order valence-corrected chi connectivity index (χ4v) is 9.35. The second-order valence-electron chi connectivity index (χ2n) is 14.2. The number of unbranched alkanes of at least 4 members (excludes halogenated alkanes) is 2. The van der Waals surface area contributed by atoms with Gasteiger partial charge in [-0.2, -0.15) is 0 Å². The quantitative estimate of drug-likeness (QED) is 0.0458. The minimum atomic E-state index is -1.41. The average molecular weight is 797 g/mol. The van der Waals surface area contributed by atoms with Gasteiger partial charge in [0.15, 0.2) is 0 Å². The van der Waals surface area contributed by atoms with Crippen LogP contribution in [0.5, 0.6) is 11.5 Å². The summed E-state index contributed by atoms with van der Waals surface area (Å²) in [4.78, 5) is 22.3. The van der Waals surface area contributed by atoms with Crippen LogP contribution < -0.4 is 9.47 Å². The van der Waals surface area contributed by atoms with E-state index in [1.165, 1.54) is 12.0 Å². The standard InChI is InChI=1S/C43H60N2O10S/c1-4-23-54-43-39(45(42(49)52-5-2)19-24-51-25-22-48)30-37(44-50-3)35-28-31(13-9-11-20-46)34(16-10-12-21-47)40(41(35)43)36-29-32(17-18-38(36)55-43)53-26-27-56-33-14-7-6-8-15-33/h4,6-8,14-15,17-18,28-29,31,34,39-41,46-48H,1,5,9-13,16,19-27,30H2,2-3H3. The Hall–Kier alpha value is -3.59. The third-order valence-electron chi connectivity index (χ3n) is 10.8. The largest absolute Gasteiger partial charge is 0.493 e. The lowest BCUT2D eigenvalue weighted by Gasteiger charge is -2.59. The summed E-state index contributed by atoms with van der Waals surface area (Å²) in [5.74, 6) is 0.301. The van der Waals surface area contributed by atoms with Crippen LogP contribution in [0.15, 0.2) is 82.9 Å². The molecule has 1 fully saturated rings. The maximum absolute atomic E-state index is 14.0. The summed E-state index contributed by atoms with van der Waals surface area (Å²) in [6, 6.07) is 15.5. The highest BCUT2D eigenvalue weighted by Crippen LogP contribution is 2.62. The lowest BCUT2D eigenvalue weighted by Crippen LogP contribution is -2.70. The Morgan fingerprint density at radius 2 is 1.82 bits per heavy atom. The summed E-state index contributed by atoms with van der Waals surface area (Å²) < 4.78 is 31.9. The van der Waals surface area contributed by atoms with Gasteiger partial charge >= 0.3 is 6.09 Å². The summed E-state index contributed by atoms with van der Waals surface area (Å²) in [5.41, 5.74) is 2.62. The molecule has 0 bridgehead atoms. The minimum absolute atomic E-state index is 0.0821. The number of nitrogens with zero attached hydrogens (tertiary/aromatic N) is 2. The number of benzene rings is 2. The van der Waals surface area contributed by atoms with Crippen LogP contribution in [0.2, 0.25) is 0 Å². The Morgan fingerprint density at radius 1 is 1.04 bits per heavy atom. The van der Waals surface area contributed by atoms with Gasteiger partial charge in [-0.1, -0.05) is 48.3 Å². The third-order valence-corrected chi connectivity index (χ3v) is 11.8. The predicted octanol–water partition coefficient (Wildman–Crippen LogP) is 6.59. The molecule has 0 spiro atoms. The number of carbonyl (C=O) groups is 1. The zero-order valence-corrected chi connectivity index (χ0v) is 33.7. The monoisotopic (exact) mass is 796 g/mol. The van der Waals surface area contributed by atoms with E-state index >= 15 is 0 Å². The molecule has 12 nitrogen and oxygen atoms in total. The van der Waals surface area contributed by atoms with E-state index in [4.69, 9.17) is 28.5 Å². The Kier molecular flexibility index (Phi) is 17.4. The third kappa shape index (κ3) is 10.5. The number of fused-ring (bicyclic) bond motifs is 2. The van der Waals surface area contributed by atoms with Crippen molar-refractivity contribution in [1.82, 2.24) is 4.90 Å². The van der Waals surface area contributed by atoms with Gasteiger partial charge in [-0.05, 0) is 80.3 Å². The number of amides is 1. The molecule has 1 saturated carbocycles. The minimum Gasteiger partial charge on any atom is -0.493 e. The van der Waals surface area contributed by atoms with Crippen molar-refractivity contribution < 1.29 is 48.6 Å². The first-order valence-electron chi connectivity index (χ1n) is 20.0. The van der Waals surface area contributed by atoms with Crippen molar-refractivity contribution in [2.24, 2.45) is 22.9 Å². The van der Waals surface area contributed by atoms with Crippen molar-refractivity contribution in [3.8, 4) is 11.5 Å². The first-order chi connectivity index (χ1) is 27.5. The van der Waals surface area contributed by atoms with E-state index in [9.17, 15) is 20.1 Å². The summed E-state index contributed by atoms with van der Waals surface area (Å²) in [6.45, 7) is 7.05. The number of oxime groups is 1. The molecule has 5 rings (SSSR count). The van der Waals surface area contributed by atoms with E-state index in [0.717, 1.165) is 48.3 Å². The molecule has 308 valence electrons. The van der Waals surface area contributed by atoms with E-state index in [0.29, 0.717) is 30.9 Å². The molecule has 2 aliphatic carbocycles. The molecule has 0 aromatic heterocycles. The van der Waals surface area contributed by atoms with Crippen molar-refractivity contribution in [2.75, 3.05) is 72.3 Å². The van der Waals surface area contributed by atoms with Gasteiger partial charge in [0.2, 0.25) is 5.79 Å². The van der Waals surface area contributed by atoms with Gasteiger partial charge in [-0.3, -0.25) is 4.90 Å². The second kappa shape index (κ2) is 22.4. The first-order valence-corrected chi connectivity index (χ1v) is 21.0. The van der Waals surface area contributed by atoms with E-state index in [1.807, 2.05) is 30.3 Å². The molecule has 1 aliphatic heterocycles. The summed E-state index contributed by atoms with van der Waals surface area (Å²) in [5, 5.41) is 33.7. The zero-order valence-electron chi connectivity index (χ0n) is 32.9. The lowest BCUT2D eigenvalue weighted by atomic mass is 9.55. The van der Waals surface area contributed by atoms with Crippen LogP contribution in [0.25, 0.3) is 0 Å². The number of carbonyl (C=O) groups excluding carboxylic acids is 1. The fraction of sp³-hybridized carbons (Fsp3) is 0.581. The van der Waals surface area contributed by atoms with Crippen LogP contribution in [0.3, 0.4) is 0 Å². The topological polar surface area (TPSA) is 149 Å². The smallest absolute Gasteiger partial charge is 0.410 e. The van der Waals surface area contributed by atoms with E-state index < -0.39 is 23.8 Å². The van der Waals surface area contributed by atoms with Crippen LogP contribution in [-0.4, -0.2) is 116 Å². The number of allylic oxidation sites excluding steroid dienone is 1. The Morgan fingerprint density at radius 3 is 2.54 bits per heavy atom. The number of thioether (sulfide) groups is 1. The van der Waals surface area contributed by atoms with Crippen LogP contribution in [0.4, 0.5) is 4.79 Å². The van der Waals surface area contributed by atoms with Gasteiger partial charge < -0.3 is 43.8 Å². The van der Waals surface area contributed by atoms with Crippen molar-refractivity contribution in [1.29, 1.82) is 0 Å². The molecule has 56 heavy (non-hydrogen) atoms. The molecule has 6 atom stereocenters. The summed E-state index contributed by atoms with van der Waals surface area (Å²) in [6.07, 6.45) is 8.37. The molecule has 6 unspecified atom stereocenters. The molecule has 13 heteroatoms. The number of hydrogen-bond acceptors (Lipinski definition) is 12. The highest BCUT2D eigenvalue weighted by Gasteiger charge is 2.65. The molecule has 3 aliphatic rings. The normalized spacial score (nSPS) is 24.3. The molecule has 0 saturated heterocycles. The Bertz CT molecular complexity index is 1590. The second-order valence-corrected chi connectivity index (χ2v) is 15.4. The molecule has 2 aromatic carbocycles. The van der Waals surface area contributed by atoms with Gasteiger partial charge in [-0.15, -0.1) is 18.3 Å². The number of aliphatic hydroxyl groups is 3. The number of hydrogen-bond donors (Lipinski definition) is 3. The van der Waals surface area contributed by atoms with Crippen LogP contribution in [0, 0.1) is 17.8 Å². The molecule has 0 radical (unpaired) electrons. The predicted molar refractivity (Wildman–Crippen MR) is 216 cm³/mol. The molecule has 2 aromatic rings. The van der Waals surface area contributed by atoms with Crippen molar-refractivity contribution >= 4 is 23.6 Å². The Labute approximate surface area is 335 Å². The molecule has 3 N–H and O–H groups in total. The Balaban J connectivity index is 1.66. The molecule has 1 amide bonds. The van der Waals surface area contributed by atoms with Gasteiger partial charge in [-0.25, -0.2) is 4.79 Å². The average Bonchev–Trinajstić information content (AvgIpc) is 3.21. The van der Waals surface area contributed by atoms with Gasteiger partial charge in [0.05, 0.1) is 51.3 Å². The van der Waals surface area contributed by atoms with Gasteiger partial charge in [0.1, 0.15) is 24.7 Å². The van der Waals surface area contributed by atoms with Crippen LogP contribution >= 0.6 is 11.8 Å². The molecular formula is C43H60N2O10S. The molecular weight excluding hydrogens is 737 g/mol. The number of rotatable bonds is 24. The number of aliphatic hydroxyl groups excluding tert-OH is 3. The van der Waals surface area contributed by atoms with Crippen molar-refractivity contribution in [2.45, 2.75) is 74.5 Å². The van der Waals surface area contributed by atoms with E-state index in [1.54, 1.807) is 29.7 Å². The van der Waals surface area contributed by atoms with Crippen LogP contribution in [0.1, 0.15) is 63.4 Å². The highest BCUT2D eigenvalue weighted by atomic mass is 32.2.